The monoisotopic (exact) mass is 249 g/mol. The molecule has 0 atom stereocenters. The fourth-order valence-electron chi connectivity index (χ4n) is 1.99. The summed E-state index contributed by atoms with van der Waals surface area (Å²) >= 11 is 5.77. The van der Waals surface area contributed by atoms with Gasteiger partial charge in [0.25, 0.3) is 0 Å². The minimum atomic E-state index is -0.925. The van der Waals surface area contributed by atoms with Crippen molar-refractivity contribution in [3.05, 3.63) is 34.9 Å². The first kappa shape index (κ1) is 12.1. The van der Waals surface area contributed by atoms with E-state index in [0.29, 0.717) is 36.6 Å². The van der Waals surface area contributed by atoms with Crippen molar-refractivity contribution in [3.8, 4) is 6.07 Å². The third kappa shape index (κ3) is 2.33. The molecule has 1 fully saturated rings. The number of rotatable bonds is 2. The van der Waals surface area contributed by atoms with Crippen molar-refractivity contribution in [3.63, 3.8) is 0 Å². The standard InChI is InChI=1S/C13H12ClNO2/c14-11-3-1-10(2-4-11)12(16)13(9-15)5-7-17-8-6-13/h1-4H,5-8H2. The maximum atomic E-state index is 12.3. The van der Waals surface area contributed by atoms with Crippen LogP contribution in [0.25, 0.3) is 0 Å². The van der Waals surface area contributed by atoms with Crippen LogP contribution in [0.1, 0.15) is 23.2 Å². The summed E-state index contributed by atoms with van der Waals surface area (Å²) in [5.41, 5.74) is -0.385. The summed E-state index contributed by atoms with van der Waals surface area (Å²) in [6.07, 6.45) is 0.927. The molecule has 0 bridgehead atoms. The lowest BCUT2D eigenvalue weighted by Crippen LogP contribution is -2.36. The van der Waals surface area contributed by atoms with Crippen LogP contribution >= 0.6 is 11.6 Å². The van der Waals surface area contributed by atoms with Crippen LogP contribution in [0, 0.1) is 16.7 Å². The molecule has 3 nitrogen and oxygen atoms in total. The smallest absolute Gasteiger partial charge is 0.183 e. The molecule has 1 heterocycles. The van der Waals surface area contributed by atoms with Gasteiger partial charge in [0.2, 0.25) is 0 Å². The van der Waals surface area contributed by atoms with E-state index in [0.717, 1.165) is 0 Å². The Balaban J connectivity index is 2.29. The highest BCUT2D eigenvalue weighted by atomic mass is 35.5. The average Bonchev–Trinajstić information content (AvgIpc) is 2.39. The number of nitriles is 1. The molecular formula is C13H12ClNO2. The SMILES string of the molecule is N#CC1(C(=O)c2ccc(Cl)cc2)CCOCC1. The Bertz CT molecular complexity index is 455. The van der Waals surface area contributed by atoms with E-state index in [1.807, 2.05) is 0 Å². The predicted molar refractivity (Wildman–Crippen MR) is 63.9 cm³/mol. The topological polar surface area (TPSA) is 50.1 Å². The molecule has 4 heteroatoms. The quantitative estimate of drug-likeness (QED) is 0.758. The second kappa shape index (κ2) is 4.87. The van der Waals surface area contributed by atoms with Gasteiger partial charge in [0.1, 0.15) is 5.41 Å². The molecule has 0 N–H and O–H groups in total. The number of hydrogen-bond donors (Lipinski definition) is 0. The zero-order valence-electron chi connectivity index (χ0n) is 9.28. The number of Topliss-reactive ketones (excluding diaryl/α,β-unsaturated/α-hetero) is 1. The highest BCUT2D eigenvalue weighted by molar-refractivity contribution is 6.30. The first-order valence-corrected chi connectivity index (χ1v) is 5.85. The first-order chi connectivity index (χ1) is 8.18. The number of halogens is 1. The summed E-state index contributed by atoms with van der Waals surface area (Å²) < 4.78 is 5.21. The number of nitrogens with zero attached hydrogens (tertiary/aromatic N) is 1. The van der Waals surface area contributed by atoms with Crippen molar-refractivity contribution >= 4 is 17.4 Å². The average molecular weight is 250 g/mol. The zero-order valence-corrected chi connectivity index (χ0v) is 10.0. The van der Waals surface area contributed by atoms with Crippen molar-refractivity contribution < 1.29 is 9.53 Å². The van der Waals surface area contributed by atoms with Crippen molar-refractivity contribution in [1.29, 1.82) is 5.26 Å². The minimum Gasteiger partial charge on any atom is -0.381 e. The molecule has 0 saturated carbocycles. The number of carbonyl (C=O) groups excluding carboxylic acids is 1. The van der Waals surface area contributed by atoms with Gasteiger partial charge >= 0.3 is 0 Å². The van der Waals surface area contributed by atoms with Crippen molar-refractivity contribution in [1.82, 2.24) is 0 Å². The molecule has 0 unspecified atom stereocenters. The molecule has 1 saturated heterocycles. The van der Waals surface area contributed by atoms with Crippen LogP contribution in [-0.2, 0) is 4.74 Å². The Morgan fingerprint density at radius 3 is 2.41 bits per heavy atom. The Hall–Kier alpha value is -1.37. The zero-order chi connectivity index (χ0) is 12.3. The van der Waals surface area contributed by atoms with Gasteiger partial charge in [-0.1, -0.05) is 11.6 Å². The molecule has 2 rings (SSSR count). The lowest BCUT2D eigenvalue weighted by molar-refractivity contribution is 0.0355. The molecule has 0 aromatic heterocycles. The molecule has 1 aromatic rings. The van der Waals surface area contributed by atoms with Gasteiger partial charge < -0.3 is 4.74 Å². The summed E-state index contributed by atoms with van der Waals surface area (Å²) in [5.74, 6) is -0.125. The summed E-state index contributed by atoms with van der Waals surface area (Å²) in [4.78, 5) is 12.3. The molecular weight excluding hydrogens is 238 g/mol. The first-order valence-electron chi connectivity index (χ1n) is 5.47. The van der Waals surface area contributed by atoms with E-state index in [-0.39, 0.29) is 5.78 Å². The third-order valence-corrected chi connectivity index (χ3v) is 3.35. The molecule has 17 heavy (non-hydrogen) atoms. The van der Waals surface area contributed by atoms with Gasteiger partial charge in [0.15, 0.2) is 5.78 Å². The molecule has 1 aliphatic heterocycles. The number of ether oxygens (including phenoxy) is 1. The Morgan fingerprint density at radius 1 is 1.29 bits per heavy atom. The molecule has 1 aromatic carbocycles. The van der Waals surface area contributed by atoms with Crippen LogP contribution in [0.3, 0.4) is 0 Å². The van der Waals surface area contributed by atoms with Crippen LogP contribution < -0.4 is 0 Å². The summed E-state index contributed by atoms with van der Waals surface area (Å²) in [7, 11) is 0. The fourth-order valence-corrected chi connectivity index (χ4v) is 2.11. The molecule has 0 spiro atoms. The predicted octanol–water partition coefficient (Wildman–Crippen LogP) is 2.84. The van der Waals surface area contributed by atoms with Gasteiger partial charge in [0, 0.05) is 23.8 Å². The second-order valence-electron chi connectivity index (χ2n) is 4.14. The Morgan fingerprint density at radius 2 is 1.88 bits per heavy atom. The summed E-state index contributed by atoms with van der Waals surface area (Å²) in [6.45, 7) is 0.930. The molecule has 88 valence electrons. The van der Waals surface area contributed by atoms with Crippen LogP contribution in [0.2, 0.25) is 5.02 Å². The lowest BCUT2D eigenvalue weighted by atomic mass is 9.75. The Kier molecular flexibility index (Phi) is 3.46. The summed E-state index contributed by atoms with van der Waals surface area (Å²) in [5, 5.41) is 9.86. The van der Waals surface area contributed by atoms with Gasteiger partial charge in [-0.05, 0) is 37.1 Å². The van der Waals surface area contributed by atoms with E-state index in [1.165, 1.54) is 0 Å². The molecule has 1 aliphatic rings. The normalized spacial score (nSPS) is 18.4. The van der Waals surface area contributed by atoms with Crippen molar-refractivity contribution in [2.24, 2.45) is 5.41 Å². The third-order valence-electron chi connectivity index (χ3n) is 3.10. The number of benzene rings is 1. The van der Waals surface area contributed by atoms with Crippen LogP contribution in [0.4, 0.5) is 0 Å². The van der Waals surface area contributed by atoms with Crippen molar-refractivity contribution in [2.75, 3.05) is 13.2 Å². The highest BCUT2D eigenvalue weighted by Crippen LogP contribution is 2.33. The number of hydrogen-bond acceptors (Lipinski definition) is 3. The van der Waals surface area contributed by atoms with E-state index in [2.05, 4.69) is 6.07 Å². The minimum absolute atomic E-state index is 0.125. The van der Waals surface area contributed by atoms with E-state index in [4.69, 9.17) is 16.3 Å². The molecule has 0 radical (unpaired) electrons. The maximum absolute atomic E-state index is 12.3. The lowest BCUT2D eigenvalue weighted by Gasteiger charge is -2.29. The van der Waals surface area contributed by atoms with Crippen LogP contribution in [0.5, 0.6) is 0 Å². The molecule has 0 aliphatic carbocycles. The summed E-state index contributed by atoms with van der Waals surface area (Å²) in [6, 6.07) is 8.83. The van der Waals surface area contributed by atoms with Crippen molar-refractivity contribution in [2.45, 2.75) is 12.8 Å². The fraction of sp³-hybridized carbons (Fsp3) is 0.385. The highest BCUT2D eigenvalue weighted by Gasteiger charge is 2.40. The van der Waals surface area contributed by atoms with Crippen LogP contribution in [0.15, 0.2) is 24.3 Å². The van der Waals surface area contributed by atoms with E-state index >= 15 is 0 Å². The van der Waals surface area contributed by atoms with Gasteiger partial charge in [0.05, 0.1) is 6.07 Å². The van der Waals surface area contributed by atoms with E-state index < -0.39 is 5.41 Å². The Labute approximate surface area is 105 Å². The van der Waals surface area contributed by atoms with Gasteiger partial charge in [-0.2, -0.15) is 5.26 Å². The van der Waals surface area contributed by atoms with Crippen LogP contribution in [-0.4, -0.2) is 19.0 Å². The van der Waals surface area contributed by atoms with E-state index in [9.17, 15) is 10.1 Å². The van der Waals surface area contributed by atoms with Gasteiger partial charge in [-0.3, -0.25) is 4.79 Å². The number of ketones is 1. The second-order valence-corrected chi connectivity index (χ2v) is 4.58. The van der Waals surface area contributed by atoms with E-state index in [1.54, 1.807) is 24.3 Å². The maximum Gasteiger partial charge on any atom is 0.183 e. The van der Waals surface area contributed by atoms with Gasteiger partial charge in [-0.15, -0.1) is 0 Å². The van der Waals surface area contributed by atoms with Gasteiger partial charge in [-0.25, -0.2) is 0 Å². The number of carbonyl (C=O) groups is 1. The largest absolute Gasteiger partial charge is 0.381 e. The molecule has 0 amide bonds.